The van der Waals surface area contributed by atoms with E-state index in [1.165, 1.54) is 19.2 Å². The third-order valence-corrected chi connectivity index (χ3v) is 9.45. The van der Waals surface area contributed by atoms with Crippen LogP contribution in [0.2, 0.25) is 10.0 Å². The summed E-state index contributed by atoms with van der Waals surface area (Å²) < 4.78 is 73.5. The molecule has 262 valence electrons. The first kappa shape index (κ1) is 36.6. The van der Waals surface area contributed by atoms with Gasteiger partial charge in [-0.1, -0.05) is 29.3 Å². The normalized spacial score (nSPS) is 14.2. The Hall–Kier alpha value is -3.72. The number of fused-ring (bicyclic) bond motifs is 1. The van der Waals surface area contributed by atoms with E-state index in [1.807, 2.05) is 0 Å². The fraction of sp³-hybridized carbons (Fsp3) is 0.353. The van der Waals surface area contributed by atoms with E-state index in [1.54, 1.807) is 55.8 Å². The highest BCUT2D eigenvalue weighted by Crippen LogP contribution is 2.38. The summed E-state index contributed by atoms with van der Waals surface area (Å²) in [6.07, 6.45) is 2.51. The Morgan fingerprint density at radius 1 is 1.00 bits per heavy atom. The van der Waals surface area contributed by atoms with E-state index >= 15 is 4.39 Å². The molecule has 1 aliphatic rings. The number of pyridine rings is 1. The minimum Gasteiger partial charge on any atom is -0.493 e. The third-order valence-electron chi connectivity index (χ3n) is 7.59. The van der Waals surface area contributed by atoms with Crippen LogP contribution in [0.4, 0.5) is 10.1 Å². The van der Waals surface area contributed by atoms with E-state index in [-0.39, 0.29) is 45.9 Å². The van der Waals surface area contributed by atoms with E-state index in [4.69, 9.17) is 46.9 Å². The van der Waals surface area contributed by atoms with Crippen LogP contribution in [0.15, 0.2) is 65.2 Å². The topological polar surface area (TPSA) is 121 Å². The number of halogens is 3. The summed E-state index contributed by atoms with van der Waals surface area (Å²) >= 11 is 12.3. The molecule has 0 aliphatic carbocycles. The van der Waals surface area contributed by atoms with Crippen LogP contribution in [-0.2, 0) is 25.2 Å². The molecule has 1 saturated heterocycles. The Bertz CT molecular complexity index is 1870. The average Bonchev–Trinajstić information content (AvgIpc) is 3.08. The lowest BCUT2D eigenvalue weighted by Gasteiger charge is -2.26. The Labute approximate surface area is 294 Å². The van der Waals surface area contributed by atoms with Crippen LogP contribution in [0, 0.1) is 5.82 Å². The smallest absolute Gasteiger partial charge is 0.259 e. The van der Waals surface area contributed by atoms with Gasteiger partial charge in [0, 0.05) is 78.2 Å². The monoisotopic (exact) mass is 734 g/mol. The number of rotatable bonds is 15. The second kappa shape index (κ2) is 17.3. The van der Waals surface area contributed by atoms with Crippen molar-refractivity contribution in [1.82, 2.24) is 9.88 Å². The van der Waals surface area contributed by atoms with Crippen molar-refractivity contribution >= 4 is 55.7 Å². The molecule has 49 heavy (non-hydrogen) atoms. The van der Waals surface area contributed by atoms with Crippen molar-refractivity contribution < 1.29 is 36.5 Å². The van der Waals surface area contributed by atoms with Crippen LogP contribution in [-0.4, -0.2) is 84.4 Å². The Balaban J connectivity index is 1.29. The molecular weight excluding hydrogens is 698 g/mol. The van der Waals surface area contributed by atoms with Gasteiger partial charge in [-0.25, -0.2) is 12.8 Å². The number of benzene rings is 3. The van der Waals surface area contributed by atoms with Gasteiger partial charge in [-0.05, 0) is 42.8 Å². The fourth-order valence-corrected chi connectivity index (χ4v) is 7.02. The van der Waals surface area contributed by atoms with Gasteiger partial charge in [0.1, 0.15) is 11.6 Å². The van der Waals surface area contributed by atoms with Gasteiger partial charge in [-0.15, -0.1) is 4.40 Å². The van der Waals surface area contributed by atoms with E-state index in [0.717, 1.165) is 39.3 Å². The molecule has 0 spiro atoms. The number of hydrogen-bond acceptors (Lipinski definition) is 9. The molecule has 11 nitrogen and oxygen atoms in total. The molecule has 0 bridgehead atoms. The minimum atomic E-state index is -4.08. The van der Waals surface area contributed by atoms with Gasteiger partial charge < -0.3 is 29.0 Å². The molecule has 1 aliphatic heterocycles. The number of nitrogens with zero attached hydrogens (tertiary/aromatic N) is 3. The summed E-state index contributed by atoms with van der Waals surface area (Å²) in [7, 11) is -1.06. The number of amidine groups is 1. The number of methoxy groups -OCH3 is 2. The SMILES string of the molecule is COCC/C(=N\S(=O)(=O)Cc1c(Cl)cccc1Cl)Nc1ccc(Oc2ccnc3cc(OCCCN4CCOCC4)c(OC)cc23)c(F)c1. The molecule has 0 atom stereocenters. The largest absolute Gasteiger partial charge is 0.493 e. The van der Waals surface area contributed by atoms with Crippen molar-refractivity contribution in [2.24, 2.45) is 4.40 Å². The number of morpholine rings is 1. The number of aromatic nitrogens is 1. The lowest BCUT2D eigenvalue weighted by Crippen LogP contribution is -2.37. The van der Waals surface area contributed by atoms with Crippen LogP contribution in [0.25, 0.3) is 10.9 Å². The van der Waals surface area contributed by atoms with Gasteiger partial charge in [0.25, 0.3) is 10.0 Å². The zero-order chi connectivity index (χ0) is 34.8. The molecule has 1 fully saturated rings. The molecule has 0 radical (unpaired) electrons. The second-order valence-corrected chi connectivity index (χ2v) is 13.5. The summed E-state index contributed by atoms with van der Waals surface area (Å²) in [5.41, 5.74) is 1.07. The molecule has 0 saturated carbocycles. The van der Waals surface area contributed by atoms with Crippen LogP contribution < -0.4 is 19.5 Å². The van der Waals surface area contributed by atoms with Gasteiger partial charge in [0.15, 0.2) is 23.1 Å². The number of sulfonamides is 1. The summed E-state index contributed by atoms with van der Waals surface area (Å²) in [5, 5.41) is 3.90. The number of anilines is 1. The van der Waals surface area contributed by atoms with Crippen molar-refractivity contribution in [3.05, 3.63) is 82.2 Å². The first-order chi connectivity index (χ1) is 23.7. The van der Waals surface area contributed by atoms with Gasteiger partial charge in [0.2, 0.25) is 0 Å². The first-order valence-corrected chi connectivity index (χ1v) is 17.9. The number of nitrogens with one attached hydrogen (secondary N) is 1. The summed E-state index contributed by atoms with van der Waals surface area (Å²) in [4.78, 5) is 6.79. The minimum absolute atomic E-state index is 0.0458. The summed E-state index contributed by atoms with van der Waals surface area (Å²) in [6, 6.07) is 14.0. The highest BCUT2D eigenvalue weighted by Gasteiger charge is 2.19. The zero-order valence-corrected chi connectivity index (χ0v) is 29.4. The number of hydrogen-bond donors (Lipinski definition) is 1. The van der Waals surface area contributed by atoms with Crippen LogP contribution in [0.5, 0.6) is 23.0 Å². The molecule has 1 aromatic heterocycles. The molecule has 1 N–H and O–H groups in total. The fourth-order valence-electron chi connectivity index (χ4n) is 5.11. The molecule has 0 amide bonds. The third kappa shape index (κ3) is 10.2. The second-order valence-electron chi connectivity index (χ2n) is 11.1. The molecule has 2 heterocycles. The molecule has 4 aromatic rings. The van der Waals surface area contributed by atoms with E-state index in [9.17, 15) is 8.42 Å². The summed E-state index contributed by atoms with van der Waals surface area (Å²) in [6.45, 7) is 4.91. The molecule has 5 rings (SSSR count). The van der Waals surface area contributed by atoms with Gasteiger partial charge >= 0.3 is 0 Å². The maximum absolute atomic E-state index is 15.4. The van der Waals surface area contributed by atoms with Gasteiger partial charge in [-0.2, -0.15) is 0 Å². The summed E-state index contributed by atoms with van der Waals surface area (Å²) in [5.74, 6) is 0.170. The first-order valence-electron chi connectivity index (χ1n) is 15.5. The predicted molar refractivity (Wildman–Crippen MR) is 189 cm³/mol. The maximum atomic E-state index is 15.4. The van der Waals surface area contributed by atoms with E-state index in [2.05, 4.69) is 19.6 Å². The lowest BCUT2D eigenvalue weighted by atomic mass is 10.1. The predicted octanol–water partition coefficient (Wildman–Crippen LogP) is 6.96. The van der Waals surface area contributed by atoms with Gasteiger partial charge in [-0.3, -0.25) is 9.88 Å². The van der Waals surface area contributed by atoms with Crippen LogP contribution >= 0.6 is 23.2 Å². The molecule has 0 unspecified atom stereocenters. The zero-order valence-electron chi connectivity index (χ0n) is 27.1. The molecular formula is C34H37Cl2FN4O7S. The van der Waals surface area contributed by atoms with Gasteiger partial charge in [0.05, 0.1) is 44.8 Å². The highest BCUT2D eigenvalue weighted by atomic mass is 35.5. The standard InChI is InChI=1S/C34H37Cl2FN4O7S/c1-44-16-10-34(40-49(42,43)22-25-26(35)5-3-6-27(25)36)39-23-7-8-31(28(37)19-23)48-30-9-11-38-29-21-33(32(45-2)20-24(29)30)47-15-4-12-41-13-17-46-18-14-41/h3,5-9,11,19-21H,4,10,12-18,22H2,1-2H3,(H,39,40). The van der Waals surface area contributed by atoms with Crippen molar-refractivity contribution in [1.29, 1.82) is 0 Å². The molecule has 15 heteroatoms. The highest BCUT2D eigenvalue weighted by molar-refractivity contribution is 7.89. The van der Waals surface area contributed by atoms with Crippen LogP contribution in [0.3, 0.4) is 0 Å². The van der Waals surface area contributed by atoms with Crippen molar-refractivity contribution in [2.75, 3.05) is 65.6 Å². The lowest BCUT2D eigenvalue weighted by molar-refractivity contribution is 0.0357. The average molecular weight is 736 g/mol. The van der Waals surface area contributed by atoms with Crippen molar-refractivity contribution in [2.45, 2.75) is 18.6 Å². The quantitative estimate of drug-likeness (QED) is 0.0780. The molecule has 3 aromatic carbocycles. The van der Waals surface area contributed by atoms with Crippen molar-refractivity contribution in [3.63, 3.8) is 0 Å². The van der Waals surface area contributed by atoms with E-state index < -0.39 is 21.6 Å². The Kier molecular flexibility index (Phi) is 12.9. The number of ether oxygens (including phenoxy) is 5. The van der Waals surface area contributed by atoms with Crippen molar-refractivity contribution in [3.8, 4) is 23.0 Å². The Morgan fingerprint density at radius 2 is 1.78 bits per heavy atom. The maximum Gasteiger partial charge on any atom is 0.259 e. The van der Waals surface area contributed by atoms with Crippen LogP contribution in [0.1, 0.15) is 18.4 Å². The Morgan fingerprint density at radius 3 is 2.49 bits per heavy atom. The van der Waals surface area contributed by atoms with E-state index in [0.29, 0.717) is 34.8 Å².